The van der Waals surface area contributed by atoms with Gasteiger partial charge in [-0.25, -0.2) is 13.1 Å². The van der Waals surface area contributed by atoms with Crippen LogP contribution in [0.25, 0.3) is 0 Å². The minimum atomic E-state index is -3.37. The highest BCUT2D eigenvalue weighted by molar-refractivity contribution is 7.91. The second kappa shape index (κ2) is 6.13. The number of nitrogens with one attached hydrogen (secondary N) is 2. The average molecular weight is 316 g/mol. The van der Waals surface area contributed by atoms with Gasteiger partial charge in [0.05, 0.1) is 0 Å². The van der Waals surface area contributed by atoms with E-state index in [1.807, 2.05) is 13.1 Å². The van der Waals surface area contributed by atoms with Crippen LogP contribution >= 0.6 is 11.3 Å². The highest BCUT2D eigenvalue weighted by atomic mass is 32.2. The molecule has 0 radical (unpaired) electrons. The van der Waals surface area contributed by atoms with Gasteiger partial charge in [0.15, 0.2) is 0 Å². The first-order valence-corrected chi connectivity index (χ1v) is 9.38. The molecule has 1 aromatic rings. The predicted octanol–water partition coefficient (Wildman–Crippen LogP) is 2.71. The van der Waals surface area contributed by atoms with E-state index in [1.165, 1.54) is 17.8 Å². The van der Waals surface area contributed by atoms with Crippen LogP contribution in [0.4, 0.5) is 0 Å². The van der Waals surface area contributed by atoms with E-state index in [-0.39, 0.29) is 11.5 Å². The van der Waals surface area contributed by atoms with Crippen LogP contribution in [0, 0.1) is 5.41 Å². The molecule has 0 saturated heterocycles. The summed E-state index contributed by atoms with van der Waals surface area (Å²) < 4.78 is 28.1. The van der Waals surface area contributed by atoms with Gasteiger partial charge in [0.2, 0.25) is 10.0 Å². The van der Waals surface area contributed by atoms with Crippen molar-refractivity contribution in [3.8, 4) is 0 Å². The first kappa shape index (κ1) is 15.9. The molecule has 1 aromatic heterocycles. The monoisotopic (exact) mass is 316 g/mol. The predicted molar refractivity (Wildman–Crippen MR) is 83.4 cm³/mol. The summed E-state index contributed by atoms with van der Waals surface area (Å²) in [6, 6.07) is 3.65. The Labute approximate surface area is 126 Å². The zero-order valence-corrected chi connectivity index (χ0v) is 14.0. The van der Waals surface area contributed by atoms with Crippen molar-refractivity contribution in [3.05, 3.63) is 17.0 Å². The Kier molecular flexibility index (Phi) is 4.89. The van der Waals surface area contributed by atoms with Gasteiger partial charge >= 0.3 is 0 Å². The van der Waals surface area contributed by atoms with Crippen molar-refractivity contribution in [1.29, 1.82) is 0 Å². The zero-order chi connectivity index (χ0) is 14.8. The summed E-state index contributed by atoms with van der Waals surface area (Å²) in [5.74, 6) is 0. The van der Waals surface area contributed by atoms with Crippen molar-refractivity contribution in [3.63, 3.8) is 0 Å². The molecule has 114 valence electrons. The van der Waals surface area contributed by atoms with E-state index in [4.69, 9.17) is 0 Å². The molecule has 0 bridgehead atoms. The molecule has 1 atom stereocenters. The number of thiophene rings is 1. The normalized spacial score (nSPS) is 22.9. The van der Waals surface area contributed by atoms with Crippen molar-refractivity contribution < 1.29 is 8.42 Å². The van der Waals surface area contributed by atoms with Gasteiger partial charge in [0.25, 0.3) is 0 Å². The van der Waals surface area contributed by atoms with Gasteiger partial charge in [-0.2, -0.15) is 0 Å². The van der Waals surface area contributed by atoms with Gasteiger partial charge in [-0.3, -0.25) is 0 Å². The molecule has 1 unspecified atom stereocenters. The molecule has 20 heavy (non-hydrogen) atoms. The van der Waals surface area contributed by atoms with Crippen LogP contribution in [-0.2, 0) is 16.6 Å². The third kappa shape index (κ3) is 4.04. The molecule has 1 saturated carbocycles. The van der Waals surface area contributed by atoms with Crippen molar-refractivity contribution in [2.45, 2.75) is 56.3 Å². The molecule has 0 amide bonds. The number of hydrogen-bond acceptors (Lipinski definition) is 4. The Balaban J connectivity index is 2.06. The Morgan fingerprint density at radius 3 is 2.80 bits per heavy atom. The van der Waals surface area contributed by atoms with Crippen LogP contribution in [0.1, 0.15) is 44.4 Å². The lowest BCUT2D eigenvalue weighted by atomic mass is 9.75. The summed E-state index contributed by atoms with van der Waals surface area (Å²) in [7, 11) is -1.51. The van der Waals surface area contributed by atoms with Gasteiger partial charge < -0.3 is 5.32 Å². The summed E-state index contributed by atoms with van der Waals surface area (Å²) >= 11 is 1.34. The average Bonchev–Trinajstić information content (AvgIpc) is 2.77. The Bertz CT molecular complexity index is 549. The first-order chi connectivity index (χ1) is 9.32. The lowest BCUT2D eigenvalue weighted by Gasteiger charge is -2.35. The molecule has 1 aliphatic rings. The maximum Gasteiger partial charge on any atom is 0.250 e. The quantitative estimate of drug-likeness (QED) is 0.878. The van der Waals surface area contributed by atoms with Crippen LogP contribution in [0.2, 0.25) is 0 Å². The van der Waals surface area contributed by atoms with Crippen LogP contribution in [0.15, 0.2) is 16.3 Å². The second-order valence-corrected chi connectivity index (χ2v) is 9.44. The number of hydrogen-bond donors (Lipinski definition) is 2. The fourth-order valence-corrected chi connectivity index (χ4v) is 5.50. The highest BCUT2D eigenvalue weighted by Crippen LogP contribution is 2.35. The molecular formula is C14H24N2O2S2. The smallest absolute Gasteiger partial charge is 0.250 e. The Morgan fingerprint density at radius 2 is 2.15 bits per heavy atom. The molecule has 0 aromatic carbocycles. The molecule has 1 aliphatic carbocycles. The SMILES string of the molecule is CNCc1ccc(S(=O)(=O)NC2CCCC(C)(C)C2)s1. The number of rotatable bonds is 5. The maximum absolute atomic E-state index is 12.4. The zero-order valence-electron chi connectivity index (χ0n) is 12.4. The summed E-state index contributed by atoms with van der Waals surface area (Å²) in [6.45, 7) is 5.13. The van der Waals surface area contributed by atoms with Crippen molar-refractivity contribution in [2.75, 3.05) is 7.05 Å². The molecule has 4 nitrogen and oxygen atoms in total. The Hall–Kier alpha value is -0.430. The van der Waals surface area contributed by atoms with Crippen molar-refractivity contribution in [1.82, 2.24) is 10.0 Å². The van der Waals surface area contributed by atoms with Crippen LogP contribution < -0.4 is 10.0 Å². The summed E-state index contributed by atoms with van der Waals surface area (Å²) in [5, 5.41) is 3.04. The minimum absolute atomic E-state index is 0.0681. The molecule has 1 fully saturated rings. The highest BCUT2D eigenvalue weighted by Gasteiger charge is 2.31. The van der Waals surface area contributed by atoms with E-state index in [1.54, 1.807) is 6.07 Å². The molecular weight excluding hydrogens is 292 g/mol. The van der Waals surface area contributed by atoms with Crippen LogP contribution in [-0.4, -0.2) is 21.5 Å². The van der Waals surface area contributed by atoms with E-state index >= 15 is 0 Å². The van der Waals surface area contributed by atoms with E-state index in [0.717, 1.165) is 24.1 Å². The summed E-state index contributed by atoms with van der Waals surface area (Å²) in [6.07, 6.45) is 4.13. The largest absolute Gasteiger partial charge is 0.315 e. The molecule has 1 heterocycles. The molecule has 6 heteroatoms. The van der Waals surface area contributed by atoms with Crippen LogP contribution in [0.3, 0.4) is 0 Å². The molecule has 2 N–H and O–H groups in total. The standard InChI is InChI=1S/C14H24N2O2S2/c1-14(2)8-4-5-11(9-14)16-20(17,18)13-7-6-12(19-13)10-15-3/h6-7,11,15-16H,4-5,8-10H2,1-3H3. The third-order valence-electron chi connectivity index (χ3n) is 3.78. The van der Waals surface area contributed by atoms with E-state index in [0.29, 0.717) is 10.8 Å². The first-order valence-electron chi connectivity index (χ1n) is 7.08. The van der Waals surface area contributed by atoms with E-state index in [2.05, 4.69) is 23.9 Å². The molecule has 0 aliphatic heterocycles. The van der Waals surface area contributed by atoms with Gasteiger partial charge in [-0.05, 0) is 43.9 Å². The van der Waals surface area contributed by atoms with E-state index in [9.17, 15) is 8.42 Å². The van der Waals surface area contributed by atoms with Crippen molar-refractivity contribution >= 4 is 21.4 Å². The van der Waals surface area contributed by atoms with Gasteiger partial charge in [-0.15, -0.1) is 11.3 Å². The lowest BCUT2D eigenvalue weighted by Crippen LogP contribution is -2.40. The van der Waals surface area contributed by atoms with Gasteiger partial charge in [-0.1, -0.05) is 20.3 Å². The molecule has 0 spiro atoms. The third-order valence-corrected chi connectivity index (χ3v) is 6.88. The maximum atomic E-state index is 12.4. The Morgan fingerprint density at radius 1 is 1.40 bits per heavy atom. The van der Waals surface area contributed by atoms with Gasteiger partial charge in [0.1, 0.15) is 4.21 Å². The van der Waals surface area contributed by atoms with Gasteiger partial charge in [0, 0.05) is 17.5 Å². The van der Waals surface area contributed by atoms with Crippen molar-refractivity contribution in [2.24, 2.45) is 5.41 Å². The van der Waals surface area contributed by atoms with Crippen LogP contribution in [0.5, 0.6) is 0 Å². The minimum Gasteiger partial charge on any atom is -0.315 e. The fraction of sp³-hybridized carbons (Fsp3) is 0.714. The summed E-state index contributed by atoms with van der Waals surface area (Å²) in [5.41, 5.74) is 0.234. The van der Waals surface area contributed by atoms with E-state index < -0.39 is 10.0 Å². The molecule has 2 rings (SSSR count). The summed E-state index contributed by atoms with van der Waals surface area (Å²) in [4.78, 5) is 1.04. The lowest BCUT2D eigenvalue weighted by molar-refractivity contribution is 0.212. The second-order valence-electron chi connectivity index (χ2n) is 6.33. The topological polar surface area (TPSA) is 58.2 Å². The fourth-order valence-electron chi connectivity index (χ4n) is 2.85. The number of sulfonamides is 1.